The molecule has 2 aromatic rings. The lowest BCUT2D eigenvalue weighted by Gasteiger charge is -2.11. The van der Waals surface area contributed by atoms with Gasteiger partial charge in [-0.1, -0.05) is 12.1 Å². The van der Waals surface area contributed by atoms with Gasteiger partial charge in [-0.2, -0.15) is 0 Å². The molecule has 0 radical (unpaired) electrons. The van der Waals surface area contributed by atoms with Crippen LogP contribution in [0, 0.1) is 6.92 Å². The maximum absolute atomic E-state index is 12.1. The van der Waals surface area contributed by atoms with Crippen molar-refractivity contribution in [1.29, 1.82) is 0 Å². The number of hydrazine groups is 1. The van der Waals surface area contributed by atoms with E-state index < -0.39 is 24.4 Å². The third-order valence-corrected chi connectivity index (χ3v) is 4.11. The second-order valence-electron chi connectivity index (χ2n) is 6.50. The van der Waals surface area contributed by atoms with Gasteiger partial charge < -0.3 is 18.9 Å². The molecule has 166 valence electrons. The van der Waals surface area contributed by atoms with Crippen molar-refractivity contribution in [2.45, 2.75) is 19.8 Å². The molecule has 2 N–H and O–H groups in total. The van der Waals surface area contributed by atoms with Gasteiger partial charge in [0.1, 0.15) is 5.75 Å². The van der Waals surface area contributed by atoms with E-state index in [1.54, 1.807) is 6.07 Å². The Morgan fingerprint density at radius 1 is 0.935 bits per heavy atom. The van der Waals surface area contributed by atoms with Gasteiger partial charge in [0.2, 0.25) is 0 Å². The van der Waals surface area contributed by atoms with Crippen LogP contribution in [0.25, 0.3) is 0 Å². The third-order valence-electron chi connectivity index (χ3n) is 4.11. The van der Waals surface area contributed by atoms with Crippen molar-refractivity contribution in [3.63, 3.8) is 0 Å². The van der Waals surface area contributed by atoms with Crippen LogP contribution < -0.4 is 25.1 Å². The molecule has 9 heteroatoms. The van der Waals surface area contributed by atoms with Crippen molar-refractivity contribution < 1.29 is 33.3 Å². The number of ether oxygens (including phenoxy) is 4. The first-order valence-corrected chi connectivity index (χ1v) is 9.59. The normalized spacial score (nSPS) is 10.0. The number of nitrogens with one attached hydrogen (secondary N) is 2. The van der Waals surface area contributed by atoms with E-state index in [4.69, 9.17) is 18.9 Å². The molecule has 0 aliphatic carbocycles. The maximum Gasteiger partial charge on any atom is 0.306 e. The van der Waals surface area contributed by atoms with Crippen LogP contribution in [0.5, 0.6) is 17.2 Å². The lowest BCUT2D eigenvalue weighted by molar-refractivity contribution is -0.148. The van der Waals surface area contributed by atoms with Gasteiger partial charge in [0.05, 0.1) is 20.8 Å². The average molecular weight is 430 g/mol. The Bertz CT molecular complexity index is 914. The van der Waals surface area contributed by atoms with Crippen LogP contribution in [0.2, 0.25) is 0 Å². The first-order valence-electron chi connectivity index (χ1n) is 9.59. The number of hydrogen-bond acceptors (Lipinski definition) is 7. The fraction of sp³-hybridized carbons (Fsp3) is 0.318. The van der Waals surface area contributed by atoms with Crippen LogP contribution in [-0.4, -0.2) is 45.2 Å². The van der Waals surface area contributed by atoms with Crippen molar-refractivity contribution in [2.75, 3.05) is 27.4 Å². The Hall–Kier alpha value is -3.75. The minimum atomic E-state index is -0.668. The number of methoxy groups -OCH3 is 2. The molecule has 0 aromatic heterocycles. The van der Waals surface area contributed by atoms with Gasteiger partial charge in [-0.05, 0) is 49.2 Å². The second-order valence-corrected chi connectivity index (χ2v) is 6.50. The SMILES string of the molecule is COc1ccc(C(=O)NNC(=O)COC(=O)CCCOc2cccc(C)c2)cc1OC. The lowest BCUT2D eigenvalue weighted by Crippen LogP contribution is -2.43. The molecule has 0 aliphatic heterocycles. The van der Waals surface area contributed by atoms with Gasteiger partial charge in [-0.15, -0.1) is 0 Å². The predicted octanol–water partition coefficient (Wildman–Crippen LogP) is 2.18. The molecule has 0 aliphatic rings. The van der Waals surface area contributed by atoms with Crippen LogP contribution in [0.4, 0.5) is 0 Å². The molecule has 9 nitrogen and oxygen atoms in total. The van der Waals surface area contributed by atoms with Gasteiger partial charge in [-0.3, -0.25) is 25.2 Å². The molecule has 0 unspecified atom stereocenters. The summed E-state index contributed by atoms with van der Waals surface area (Å²) in [5.74, 6) is -0.180. The number of hydrogen-bond donors (Lipinski definition) is 2. The zero-order chi connectivity index (χ0) is 22.6. The van der Waals surface area contributed by atoms with E-state index in [2.05, 4.69) is 10.9 Å². The van der Waals surface area contributed by atoms with Crippen molar-refractivity contribution in [3.05, 3.63) is 53.6 Å². The molecule has 2 amide bonds. The van der Waals surface area contributed by atoms with E-state index in [-0.39, 0.29) is 12.0 Å². The number of rotatable bonds is 10. The van der Waals surface area contributed by atoms with Crippen molar-refractivity contribution in [2.24, 2.45) is 0 Å². The number of aryl methyl sites for hydroxylation is 1. The van der Waals surface area contributed by atoms with Gasteiger partial charge in [0, 0.05) is 12.0 Å². The summed E-state index contributed by atoms with van der Waals surface area (Å²) in [5, 5.41) is 0. The predicted molar refractivity (Wildman–Crippen MR) is 112 cm³/mol. The minimum absolute atomic E-state index is 0.108. The zero-order valence-electron chi connectivity index (χ0n) is 17.7. The Balaban J connectivity index is 1.64. The first kappa shape index (κ1) is 23.5. The summed E-state index contributed by atoms with van der Waals surface area (Å²) in [5.41, 5.74) is 5.76. The third kappa shape index (κ3) is 7.88. The molecule has 2 aromatic carbocycles. The molecular formula is C22H26N2O7. The van der Waals surface area contributed by atoms with Crippen molar-refractivity contribution in [1.82, 2.24) is 10.9 Å². The first-order chi connectivity index (χ1) is 14.9. The summed E-state index contributed by atoms with van der Waals surface area (Å²) in [7, 11) is 2.93. The Morgan fingerprint density at radius 2 is 1.71 bits per heavy atom. The van der Waals surface area contributed by atoms with Crippen LogP contribution in [0.1, 0.15) is 28.8 Å². The highest BCUT2D eigenvalue weighted by Gasteiger charge is 2.12. The van der Waals surface area contributed by atoms with E-state index in [0.29, 0.717) is 24.5 Å². The highest BCUT2D eigenvalue weighted by molar-refractivity contribution is 5.96. The maximum atomic E-state index is 12.1. The zero-order valence-corrected chi connectivity index (χ0v) is 17.7. The minimum Gasteiger partial charge on any atom is -0.494 e. The topological polar surface area (TPSA) is 112 Å². The molecule has 2 rings (SSSR count). The van der Waals surface area contributed by atoms with E-state index in [1.165, 1.54) is 26.4 Å². The van der Waals surface area contributed by atoms with E-state index in [0.717, 1.165) is 11.3 Å². The average Bonchev–Trinajstić information content (AvgIpc) is 2.78. The Morgan fingerprint density at radius 3 is 2.42 bits per heavy atom. The monoisotopic (exact) mass is 430 g/mol. The van der Waals surface area contributed by atoms with Crippen LogP contribution in [-0.2, 0) is 14.3 Å². The summed E-state index contributed by atoms with van der Waals surface area (Å²) in [6, 6.07) is 12.2. The van der Waals surface area contributed by atoms with E-state index in [1.807, 2.05) is 31.2 Å². The van der Waals surface area contributed by atoms with Crippen LogP contribution in [0.15, 0.2) is 42.5 Å². The lowest BCUT2D eigenvalue weighted by atomic mass is 10.2. The Labute approximate surface area is 180 Å². The molecular weight excluding hydrogens is 404 g/mol. The number of amides is 2. The summed E-state index contributed by atoms with van der Waals surface area (Å²) in [4.78, 5) is 35.6. The molecule has 0 saturated carbocycles. The molecule has 0 spiro atoms. The molecule has 0 atom stereocenters. The van der Waals surface area contributed by atoms with Crippen molar-refractivity contribution >= 4 is 17.8 Å². The Kier molecular flexibility index (Phi) is 9.15. The largest absolute Gasteiger partial charge is 0.494 e. The fourth-order valence-electron chi connectivity index (χ4n) is 2.54. The molecule has 0 heterocycles. The van der Waals surface area contributed by atoms with Crippen LogP contribution in [0.3, 0.4) is 0 Å². The number of benzene rings is 2. The van der Waals surface area contributed by atoms with Gasteiger partial charge >= 0.3 is 5.97 Å². The standard InChI is InChI=1S/C22H26N2O7/c1-15-6-4-7-17(12-15)30-11-5-8-21(26)31-14-20(25)23-24-22(27)16-9-10-18(28-2)19(13-16)29-3/h4,6-7,9-10,12-13H,5,8,11,14H2,1-3H3,(H,23,25)(H,24,27). The molecule has 0 bridgehead atoms. The number of carbonyl (C=O) groups excluding carboxylic acids is 3. The number of carbonyl (C=O) groups is 3. The number of esters is 1. The summed E-state index contributed by atoms with van der Waals surface area (Å²) >= 11 is 0. The van der Waals surface area contributed by atoms with Crippen molar-refractivity contribution in [3.8, 4) is 17.2 Å². The van der Waals surface area contributed by atoms with Gasteiger partial charge in [0.15, 0.2) is 18.1 Å². The smallest absolute Gasteiger partial charge is 0.306 e. The molecule has 31 heavy (non-hydrogen) atoms. The summed E-state index contributed by atoms with van der Waals surface area (Å²) in [6.07, 6.45) is 0.557. The molecule has 0 fully saturated rings. The van der Waals surface area contributed by atoms with Crippen LogP contribution >= 0.6 is 0 Å². The quantitative estimate of drug-likeness (QED) is 0.337. The van der Waals surface area contributed by atoms with Gasteiger partial charge in [0.25, 0.3) is 11.8 Å². The van der Waals surface area contributed by atoms with E-state index >= 15 is 0 Å². The highest BCUT2D eigenvalue weighted by Crippen LogP contribution is 2.27. The second kappa shape index (κ2) is 12.1. The highest BCUT2D eigenvalue weighted by atomic mass is 16.5. The van der Waals surface area contributed by atoms with E-state index in [9.17, 15) is 14.4 Å². The fourth-order valence-corrected chi connectivity index (χ4v) is 2.54. The summed E-state index contributed by atoms with van der Waals surface area (Å²) < 4.78 is 20.7. The van der Waals surface area contributed by atoms with Gasteiger partial charge in [-0.25, -0.2) is 0 Å². The molecule has 0 saturated heterocycles. The summed E-state index contributed by atoms with van der Waals surface area (Å²) in [6.45, 7) is 1.81.